The van der Waals surface area contributed by atoms with Gasteiger partial charge in [0, 0.05) is 0 Å². The van der Waals surface area contributed by atoms with Crippen molar-refractivity contribution in [1.29, 1.82) is 0 Å². The van der Waals surface area contributed by atoms with Crippen molar-refractivity contribution in [2.24, 2.45) is 0 Å². The monoisotopic (exact) mass is 338 g/mol. The molecule has 0 atom stereocenters. The van der Waals surface area contributed by atoms with Crippen LogP contribution in [0.25, 0.3) is 0 Å². The molecule has 0 rings (SSSR count). The van der Waals surface area contributed by atoms with E-state index in [9.17, 15) is 0 Å². The Kier molecular flexibility index (Phi) is 22.5. The summed E-state index contributed by atoms with van der Waals surface area (Å²) >= 11 is -5.35. The quantitative estimate of drug-likeness (QED) is 0.310. The minimum atomic E-state index is -5.35. The van der Waals surface area contributed by atoms with Crippen molar-refractivity contribution in [3.8, 4) is 0 Å². The van der Waals surface area contributed by atoms with Gasteiger partial charge in [0.15, 0.2) is 0 Å². The Labute approximate surface area is 120 Å². The zero-order chi connectivity index (χ0) is 11.4. The molecule has 6 heteroatoms. The van der Waals surface area contributed by atoms with Crippen molar-refractivity contribution in [1.82, 2.24) is 0 Å². The molecule has 0 saturated carbocycles. The first-order chi connectivity index (χ1) is 6.41. The van der Waals surface area contributed by atoms with Crippen molar-refractivity contribution >= 4 is 20.1 Å². The molecule has 0 spiro atoms. The molecule has 4 nitrogen and oxygen atoms in total. The summed E-state index contributed by atoms with van der Waals surface area (Å²) in [7, 11) is 0. The second-order valence-corrected chi connectivity index (χ2v) is 6.02. The molecular weight excluding hydrogens is 317 g/mol. The van der Waals surface area contributed by atoms with E-state index in [4.69, 9.17) is 13.2 Å². The van der Waals surface area contributed by atoms with Crippen LogP contribution in [-0.4, -0.2) is 30.2 Å². The molecule has 0 heterocycles. The molecule has 88 valence electrons. The molecule has 0 unspecified atom stereocenters. The van der Waals surface area contributed by atoms with E-state index in [0.717, 1.165) is 0 Å². The maximum atomic E-state index is 8.97. The molecule has 15 heavy (non-hydrogen) atoms. The van der Waals surface area contributed by atoms with Gasteiger partial charge in [-0.1, -0.05) is 39.5 Å². The van der Waals surface area contributed by atoms with Crippen LogP contribution in [0.1, 0.15) is 52.4 Å². The number of hydrogen-bond acceptors (Lipinski definition) is 1. The Hall–Kier alpha value is 1.50. The first-order valence-electron chi connectivity index (χ1n) is 5.01. The van der Waals surface area contributed by atoms with E-state index in [0.29, 0.717) is 0 Å². The van der Waals surface area contributed by atoms with E-state index in [2.05, 4.69) is 20.3 Å². The Bertz CT molecular complexity index is 135. The maximum absolute atomic E-state index is 8.97. The van der Waals surface area contributed by atoms with E-state index in [1.807, 2.05) is 0 Å². The SMILES string of the molecule is CCCC[CH-]CCCC.[Na+].[O]=[Sb]([OH])([OH])[OH]. The average molecular weight is 339 g/mol. The minimum absolute atomic E-state index is 0. The normalized spacial score (nSPS) is 9.93. The Balaban J connectivity index is -0.000000208. The Morgan fingerprint density at radius 3 is 1.47 bits per heavy atom. The summed E-state index contributed by atoms with van der Waals surface area (Å²) in [4.78, 5) is 0. The van der Waals surface area contributed by atoms with Crippen molar-refractivity contribution in [3.05, 3.63) is 6.42 Å². The van der Waals surface area contributed by atoms with Crippen LogP contribution >= 0.6 is 0 Å². The molecule has 0 aliphatic rings. The van der Waals surface area contributed by atoms with Crippen LogP contribution in [0.5, 0.6) is 0 Å². The predicted octanol–water partition coefficient (Wildman–Crippen LogP) is -1.60. The summed E-state index contributed by atoms with van der Waals surface area (Å²) in [6.07, 6.45) is 10.5. The summed E-state index contributed by atoms with van der Waals surface area (Å²) in [5, 5.41) is 0. The Morgan fingerprint density at radius 2 is 1.27 bits per heavy atom. The standard InChI is InChI=1S/C9H19.Na.3H2O.O.Sb/c1-3-5-7-9-8-6-4-2;;;;;;/h9H,3-8H2,1-2H3;;3*1H2;;/q-1;+1;;;;;+3/p-3. The summed E-state index contributed by atoms with van der Waals surface area (Å²) in [6, 6.07) is 0. The summed E-state index contributed by atoms with van der Waals surface area (Å²) in [5.41, 5.74) is 0. The Morgan fingerprint density at radius 1 is 1.00 bits per heavy atom. The van der Waals surface area contributed by atoms with Crippen molar-refractivity contribution in [3.63, 3.8) is 0 Å². The third kappa shape index (κ3) is 50.2. The number of hydrogen-bond donors (Lipinski definition) is 3. The van der Waals surface area contributed by atoms with E-state index in [1.165, 1.54) is 38.5 Å². The fraction of sp³-hybridized carbons (Fsp3) is 0.889. The van der Waals surface area contributed by atoms with Gasteiger partial charge < -0.3 is 6.42 Å². The summed E-state index contributed by atoms with van der Waals surface area (Å²) in [5.74, 6) is 0. The predicted molar refractivity (Wildman–Crippen MR) is 56.4 cm³/mol. The molecule has 0 amide bonds. The first kappa shape index (κ1) is 21.7. The molecule has 0 aromatic heterocycles. The second kappa shape index (κ2) is 15.5. The second-order valence-electron chi connectivity index (χ2n) is 3.09. The van der Waals surface area contributed by atoms with Crippen molar-refractivity contribution < 1.29 is 42.7 Å². The van der Waals surface area contributed by atoms with Gasteiger partial charge in [0.25, 0.3) is 0 Å². The van der Waals surface area contributed by atoms with Gasteiger partial charge in [-0.15, -0.1) is 0 Å². The third-order valence-corrected chi connectivity index (χ3v) is 1.52. The van der Waals surface area contributed by atoms with Crippen LogP contribution in [0.2, 0.25) is 0 Å². The van der Waals surface area contributed by atoms with E-state index < -0.39 is 20.1 Å². The van der Waals surface area contributed by atoms with E-state index >= 15 is 0 Å². The van der Waals surface area contributed by atoms with Gasteiger partial charge >= 0.3 is 62.8 Å². The van der Waals surface area contributed by atoms with Crippen LogP contribution in [0.15, 0.2) is 0 Å². The van der Waals surface area contributed by atoms with Gasteiger partial charge in [-0.2, -0.15) is 12.8 Å². The van der Waals surface area contributed by atoms with Crippen LogP contribution in [-0.2, 0) is 3.02 Å². The fourth-order valence-electron chi connectivity index (χ4n) is 0.841. The first-order valence-corrected chi connectivity index (χ1v) is 9.48. The van der Waals surface area contributed by atoms with Crippen molar-refractivity contribution in [2.45, 2.75) is 52.4 Å². The number of rotatable bonds is 6. The molecule has 0 aliphatic carbocycles. The van der Waals surface area contributed by atoms with Gasteiger partial charge in [-0.05, 0) is 0 Å². The van der Waals surface area contributed by atoms with Crippen molar-refractivity contribution in [2.75, 3.05) is 0 Å². The van der Waals surface area contributed by atoms with Crippen LogP contribution in [0.3, 0.4) is 0 Å². The summed E-state index contributed by atoms with van der Waals surface area (Å²) in [6.45, 7) is 4.49. The van der Waals surface area contributed by atoms with Crippen LogP contribution in [0, 0.1) is 6.42 Å². The van der Waals surface area contributed by atoms with E-state index in [1.54, 1.807) is 0 Å². The molecule has 0 radical (unpaired) electrons. The van der Waals surface area contributed by atoms with Gasteiger partial charge in [0.05, 0.1) is 0 Å². The van der Waals surface area contributed by atoms with Gasteiger partial charge in [-0.3, -0.25) is 0 Å². The number of unbranched alkanes of at least 4 members (excludes halogenated alkanes) is 6. The molecule has 0 fully saturated rings. The van der Waals surface area contributed by atoms with E-state index in [-0.39, 0.29) is 29.6 Å². The molecule has 0 saturated heterocycles. The summed E-state index contributed by atoms with van der Waals surface area (Å²) < 4.78 is 30.8. The zero-order valence-corrected chi connectivity index (χ0v) is 14.6. The van der Waals surface area contributed by atoms with Crippen LogP contribution < -0.4 is 29.6 Å². The molecule has 0 aliphatic heterocycles. The molecule has 0 aromatic rings. The van der Waals surface area contributed by atoms with Gasteiger partial charge in [0.1, 0.15) is 0 Å². The zero-order valence-electron chi connectivity index (χ0n) is 10.0. The third-order valence-electron chi connectivity index (χ3n) is 1.52. The van der Waals surface area contributed by atoms with Crippen LogP contribution in [0.4, 0.5) is 0 Å². The molecule has 0 bridgehead atoms. The molecule has 0 aromatic carbocycles. The molecular formula is C9H22NaO4Sb. The average Bonchev–Trinajstić information content (AvgIpc) is 2.01. The fourth-order valence-corrected chi connectivity index (χ4v) is 0.841. The van der Waals surface area contributed by atoms with Gasteiger partial charge in [0.2, 0.25) is 0 Å². The van der Waals surface area contributed by atoms with Gasteiger partial charge in [-0.25, -0.2) is 0 Å². The molecule has 3 N–H and O–H groups in total. The topological polar surface area (TPSA) is 77.8 Å².